The fourth-order valence-corrected chi connectivity index (χ4v) is 3.94. The molecular formula is C11H11ClF3NO3S. The second-order valence-corrected chi connectivity index (χ2v) is 6.76. The molecule has 0 bridgehead atoms. The van der Waals surface area contributed by atoms with E-state index in [1.165, 1.54) is 0 Å². The fraction of sp³-hybridized carbons (Fsp3) is 0.455. The molecule has 0 aromatic heterocycles. The Kier molecular flexibility index (Phi) is 4.03. The molecule has 0 unspecified atom stereocenters. The van der Waals surface area contributed by atoms with Gasteiger partial charge in [0.05, 0.1) is 16.7 Å². The first-order chi connectivity index (χ1) is 9.12. The van der Waals surface area contributed by atoms with Crippen molar-refractivity contribution in [2.75, 3.05) is 13.1 Å². The Morgan fingerprint density at radius 3 is 2.50 bits per heavy atom. The number of aliphatic hydroxyl groups excluding tert-OH is 1. The standard InChI is InChI=1S/C11H11ClF3NO3S/c12-9-2-1-7(11(13,14)15)5-10(9)20(18,19)16-4-3-8(17)6-16/h1-2,5,8,17H,3-4,6H2/t8-/m1/s1. The summed E-state index contributed by atoms with van der Waals surface area (Å²) in [5.74, 6) is 0. The van der Waals surface area contributed by atoms with Gasteiger partial charge < -0.3 is 5.11 Å². The Balaban J connectivity index is 2.46. The maximum Gasteiger partial charge on any atom is 0.416 e. The summed E-state index contributed by atoms with van der Waals surface area (Å²) >= 11 is 5.71. The zero-order chi connectivity index (χ0) is 15.1. The largest absolute Gasteiger partial charge is 0.416 e. The van der Waals surface area contributed by atoms with Crippen molar-refractivity contribution in [3.05, 3.63) is 28.8 Å². The third kappa shape index (κ3) is 2.93. The van der Waals surface area contributed by atoms with Crippen molar-refractivity contribution in [1.82, 2.24) is 4.31 Å². The van der Waals surface area contributed by atoms with E-state index in [0.29, 0.717) is 6.07 Å². The van der Waals surface area contributed by atoms with Gasteiger partial charge in [-0.2, -0.15) is 17.5 Å². The molecule has 0 spiro atoms. The highest BCUT2D eigenvalue weighted by Crippen LogP contribution is 2.34. The normalized spacial score (nSPS) is 21.4. The highest BCUT2D eigenvalue weighted by atomic mass is 35.5. The molecule has 1 heterocycles. The summed E-state index contributed by atoms with van der Waals surface area (Å²) in [6.45, 7) is -0.0923. The first-order valence-corrected chi connectivity index (χ1v) is 7.49. The van der Waals surface area contributed by atoms with Gasteiger partial charge >= 0.3 is 6.18 Å². The van der Waals surface area contributed by atoms with Gasteiger partial charge in [-0.3, -0.25) is 0 Å². The van der Waals surface area contributed by atoms with Crippen LogP contribution in [0.1, 0.15) is 12.0 Å². The van der Waals surface area contributed by atoms with Crippen LogP contribution < -0.4 is 0 Å². The number of alkyl halides is 3. The zero-order valence-electron chi connectivity index (χ0n) is 10.1. The highest BCUT2D eigenvalue weighted by molar-refractivity contribution is 7.89. The molecule has 1 aromatic rings. The Hall–Kier alpha value is -0.830. The van der Waals surface area contributed by atoms with E-state index in [4.69, 9.17) is 11.6 Å². The van der Waals surface area contributed by atoms with Gasteiger partial charge in [0.1, 0.15) is 4.90 Å². The van der Waals surface area contributed by atoms with Gasteiger partial charge in [-0.05, 0) is 24.6 Å². The molecule has 4 nitrogen and oxygen atoms in total. The van der Waals surface area contributed by atoms with Crippen LogP contribution in [0.3, 0.4) is 0 Å². The molecule has 9 heteroatoms. The average molecular weight is 330 g/mol. The Labute approximate surface area is 118 Å². The highest BCUT2D eigenvalue weighted by Gasteiger charge is 2.36. The SMILES string of the molecule is O=S(=O)(c1cc(C(F)(F)F)ccc1Cl)N1CC[C@@H](O)C1. The molecule has 1 N–H and O–H groups in total. The smallest absolute Gasteiger partial charge is 0.392 e. The molecule has 20 heavy (non-hydrogen) atoms. The van der Waals surface area contributed by atoms with Gasteiger partial charge in [-0.25, -0.2) is 8.42 Å². The van der Waals surface area contributed by atoms with Gasteiger partial charge in [-0.15, -0.1) is 0 Å². The van der Waals surface area contributed by atoms with E-state index < -0.39 is 32.8 Å². The van der Waals surface area contributed by atoms with Crippen LogP contribution in [0.15, 0.2) is 23.1 Å². The molecule has 0 amide bonds. The van der Waals surface area contributed by atoms with Crippen LogP contribution in [0.25, 0.3) is 0 Å². The van der Waals surface area contributed by atoms with Gasteiger partial charge in [0, 0.05) is 13.1 Å². The second-order valence-electron chi connectivity index (χ2n) is 4.45. The topological polar surface area (TPSA) is 57.6 Å². The lowest BCUT2D eigenvalue weighted by Gasteiger charge is -2.18. The van der Waals surface area contributed by atoms with Crippen molar-refractivity contribution >= 4 is 21.6 Å². The number of β-amino-alcohol motifs (C(OH)–C–C–N with tert-alkyl or cyclic N) is 1. The third-order valence-electron chi connectivity index (χ3n) is 3.00. The zero-order valence-corrected chi connectivity index (χ0v) is 11.6. The molecule has 0 aliphatic carbocycles. The summed E-state index contributed by atoms with van der Waals surface area (Å²) in [5.41, 5.74) is -1.08. The Morgan fingerprint density at radius 2 is 2.00 bits per heavy atom. The number of rotatable bonds is 2. The molecule has 2 rings (SSSR count). The molecule has 1 aliphatic heterocycles. The van der Waals surface area contributed by atoms with Crippen LogP contribution in [-0.4, -0.2) is 37.0 Å². The molecule has 1 aromatic carbocycles. The lowest BCUT2D eigenvalue weighted by atomic mass is 10.2. The van der Waals surface area contributed by atoms with Crippen LogP contribution in [0.4, 0.5) is 13.2 Å². The minimum absolute atomic E-state index is 0.0517. The number of aliphatic hydroxyl groups is 1. The molecular weight excluding hydrogens is 319 g/mol. The van der Waals surface area contributed by atoms with Crippen LogP contribution in [0, 0.1) is 0 Å². The van der Waals surface area contributed by atoms with Crippen molar-refractivity contribution in [3.8, 4) is 0 Å². The number of sulfonamides is 1. The van der Waals surface area contributed by atoms with E-state index >= 15 is 0 Å². The first-order valence-electron chi connectivity index (χ1n) is 5.67. The maximum absolute atomic E-state index is 12.6. The summed E-state index contributed by atoms with van der Waals surface area (Å²) in [6, 6.07) is 2.15. The van der Waals surface area contributed by atoms with Crippen LogP contribution in [0.2, 0.25) is 5.02 Å². The summed E-state index contributed by atoms with van der Waals surface area (Å²) < 4.78 is 63.3. The van der Waals surface area contributed by atoms with Crippen molar-refractivity contribution in [3.63, 3.8) is 0 Å². The van der Waals surface area contributed by atoms with E-state index in [2.05, 4.69) is 0 Å². The van der Waals surface area contributed by atoms with Crippen molar-refractivity contribution < 1.29 is 26.7 Å². The summed E-state index contributed by atoms with van der Waals surface area (Å²) in [7, 11) is -4.14. The quantitative estimate of drug-likeness (QED) is 0.904. The van der Waals surface area contributed by atoms with Crippen LogP contribution >= 0.6 is 11.6 Å². The Morgan fingerprint density at radius 1 is 1.35 bits per heavy atom. The van der Waals surface area contributed by atoms with Gasteiger partial charge in [0.2, 0.25) is 10.0 Å². The summed E-state index contributed by atoms with van der Waals surface area (Å²) in [4.78, 5) is -0.594. The van der Waals surface area contributed by atoms with E-state index in [9.17, 15) is 26.7 Å². The molecule has 1 saturated heterocycles. The van der Waals surface area contributed by atoms with Gasteiger partial charge in [0.15, 0.2) is 0 Å². The average Bonchev–Trinajstić information content (AvgIpc) is 2.75. The van der Waals surface area contributed by atoms with E-state index in [-0.39, 0.29) is 24.5 Å². The molecule has 0 saturated carbocycles. The maximum atomic E-state index is 12.6. The summed E-state index contributed by atoms with van der Waals surface area (Å²) in [6.07, 6.45) is -5.22. The predicted molar refractivity (Wildman–Crippen MR) is 65.8 cm³/mol. The van der Waals surface area contributed by atoms with E-state index in [0.717, 1.165) is 16.4 Å². The minimum Gasteiger partial charge on any atom is -0.392 e. The molecule has 1 atom stereocenters. The molecule has 112 valence electrons. The van der Waals surface area contributed by atoms with Gasteiger partial charge in [0.25, 0.3) is 0 Å². The lowest BCUT2D eigenvalue weighted by molar-refractivity contribution is -0.137. The number of halogens is 4. The minimum atomic E-state index is -4.65. The van der Waals surface area contributed by atoms with Crippen LogP contribution in [0.5, 0.6) is 0 Å². The van der Waals surface area contributed by atoms with E-state index in [1.807, 2.05) is 0 Å². The third-order valence-corrected chi connectivity index (χ3v) is 5.35. The fourth-order valence-electron chi connectivity index (χ4n) is 1.95. The molecule has 1 fully saturated rings. The summed E-state index contributed by atoms with van der Waals surface area (Å²) in [5, 5.41) is 9.07. The van der Waals surface area contributed by atoms with Crippen molar-refractivity contribution in [2.45, 2.75) is 23.6 Å². The Bertz CT molecular complexity index is 618. The molecule has 1 aliphatic rings. The number of nitrogens with zero attached hydrogens (tertiary/aromatic N) is 1. The van der Waals surface area contributed by atoms with Crippen molar-refractivity contribution in [2.24, 2.45) is 0 Å². The molecule has 0 radical (unpaired) electrons. The number of hydrogen-bond donors (Lipinski definition) is 1. The van der Waals surface area contributed by atoms with Crippen molar-refractivity contribution in [1.29, 1.82) is 0 Å². The lowest BCUT2D eigenvalue weighted by Crippen LogP contribution is -2.30. The van der Waals surface area contributed by atoms with Gasteiger partial charge in [-0.1, -0.05) is 11.6 Å². The number of benzene rings is 1. The monoisotopic (exact) mass is 329 g/mol. The first kappa shape index (κ1) is 15.6. The van der Waals surface area contributed by atoms with Crippen LogP contribution in [-0.2, 0) is 16.2 Å². The van der Waals surface area contributed by atoms with E-state index in [1.54, 1.807) is 0 Å². The number of hydrogen-bond acceptors (Lipinski definition) is 3. The second kappa shape index (κ2) is 5.18. The predicted octanol–water partition coefficient (Wildman–Crippen LogP) is 2.11.